The molecule has 1 atom stereocenters. The van der Waals surface area contributed by atoms with E-state index >= 15 is 0 Å². The Morgan fingerprint density at radius 3 is 2.74 bits per heavy atom. The van der Waals surface area contributed by atoms with Crippen molar-refractivity contribution in [1.29, 1.82) is 0 Å². The molecule has 0 saturated carbocycles. The molecule has 1 unspecified atom stereocenters. The maximum Gasteiger partial charge on any atom is 0.0897 e. The quantitative estimate of drug-likeness (QED) is 0.623. The number of hydrogen-bond donors (Lipinski definition) is 2. The second-order valence-corrected chi connectivity index (χ2v) is 4.75. The number of nitrogens with one attached hydrogen (secondary N) is 1. The van der Waals surface area contributed by atoms with Gasteiger partial charge in [-0.1, -0.05) is 37.3 Å². The molecule has 4 heteroatoms. The molecule has 0 aliphatic rings. The molecule has 1 aromatic carbocycles. The minimum absolute atomic E-state index is 0.367. The lowest BCUT2D eigenvalue weighted by molar-refractivity contribution is 0.0288. The van der Waals surface area contributed by atoms with E-state index in [1.807, 2.05) is 30.3 Å². The van der Waals surface area contributed by atoms with Crippen molar-refractivity contribution in [2.75, 3.05) is 39.8 Å². The summed E-state index contributed by atoms with van der Waals surface area (Å²) in [5, 5.41) is 13.0. The first-order chi connectivity index (χ1) is 9.22. The van der Waals surface area contributed by atoms with Gasteiger partial charge >= 0.3 is 0 Å². The van der Waals surface area contributed by atoms with Crippen LogP contribution in [0.2, 0.25) is 0 Å². The number of likely N-dealkylation sites (N-methyl/N-ethyl adjacent to an activating group) is 1. The Labute approximate surface area is 116 Å². The van der Waals surface area contributed by atoms with Gasteiger partial charge < -0.3 is 20.1 Å². The van der Waals surface area contributed by atoms with Crippen LogP contribution in [-0.4, -0.2) is 55.9 Å². The first-order valence-corrected chi connectivity index (χ1v) is 6.91. The highest BCUT2D eigenvalue weighted by atomic mass is 16.5. The summed E-state index contributed by atoms with van der Waals surface area (Å²) in [6.45, 7) is 6.55. The summed E-state index contributed by atoms with van der Waals surface area (Å²) in [5.41, 5.74) is 1.13. The fourth-order valence-electron chi connectivity index (χ4n) is 1.64. The topological polar surface area (TPSA) is 44.7 Å². The standard InChI is InChI=1S/C15H26N2O2/c1-3-17(2)10-9-16-11-15(18)13-19-12-14-7-5-4-6-8-14/h4-8,15-16,18H,3,9-13H2,1-2H3. The minimum atomic E-state index is -0.448. The predicted octanol–water partition coefficient (Wildman–Crippen LogP) is 1.11. The second-order valence-electron chi connectivity index (χ2n) is 4.75. The molecule has 0 aromatic heterocycles. The largest absolute Gasteiger partial charge is 0.389 e. The van der Waals surface area contributed by atoms with Gasteiger partial charge in [0.05, 0.1) is 19.3 Å². The van der Waals surface area contributed by atoms with Crippen LogP contribution < -0.4 is 5.32 Å². The van der Waals surface area contributed by atoms with Gasteiger partial charge in [0.15, 0.2) is 0 Å². The average Bonchev–Trinajstić information content (AvgIpc) is 2.44. The highest BCUT2D eigenvalue weighted by molar-refractivity contribution is 5.13. The molecule has 0 heterocycles. The SMILES string of the molecule is CCN(C)CCNCC(O)COCc1ccccc1. The van der Waals surface area contributed by atoms with E-state index in [-0.39, 0.29) is 0 Å². The number of rotatable bonds is 10. The Bertz CT molecular complexity index is 319. The third kappa shape index (κ3) is 7.95. The number of benzene rings is 1. The summed E-state index contributed by atoms with van der Waals surface area (Å²) in [7, 11) is 2.08. The number of nitrogens with zero attached hydrogens (tertiary/aromatic N) is 1. The van der Waals surface area contributed by atoms with Gasteiger partial charge in [0.2, 0.25) is 0 Å². The highest BCUT2D eigenvalue weighted by Crippen LogP contribution is 2.00. The molecular formula is C15H26N2O2. The molecule has 4 nitrogen and oxygen atoms in total. The molecule has 0 bridgehead atoms. The van der Waals surface area contributed by atoms with Crippen molar-refractivity contribution in [2.45, 2.75) is 19.6 Å². The van der Waals surface area contributed by atoms with Crippen LogP contribution in [0.3, 0.4) is 0 Å². The lowest BCUT2D eigenvalue weighted by Crippen LogP contribution is -2.35. The summed E-state index contributed by atoms with van der Waals surface area (Å²) in [6.07, 6.45) is -0.448. The van der Waals surface area contributed by atoms with Crippen molar-refractivity contribution < 1.29 is 9.84 Å². The van der Waals surface area contributed by atoms with Crippen molar-refractivity contribution in [1.82, 2.24) is 10.2 Å². The molecule has 0 radical (unpaired) electrons. The molecular weight excluding hydrogens is 240 g/mol. The first kappa shape index (κ1) is 16.1. The molecule has 19 heavy (non-hydrogen) atoms. The van der Waals surface area contributed by atoms with Gasteiger partial charge in [-0.25, -0.2) is 0 Å². The van der Waals surface area contributed by atoms with E-state index in [1.54, 1.807) is 0 Å². The summed E-state index contributed by atoms with van der Waals surface area (Å²) in [4.78, 5) is 2.23. The Morgan fingerprint density at radius 1 is 1.32 bits per heavy atom. The van der Waals surface area contributed by atoms with E-state index in [0.29, 0.717) is 19.8 Å². The zero-order chi connectivity index (χ0) is 13.9. The van der Waals surface area contributed by atoms with Gasteiger partial charge in [0.25, 0.3) is 0 Å². The van der Waals surface area contributed by atoms with Crippen LogP contribution in [0.1, 0.15) is 12.5 Å². The summed E-state index contributed by atoms with van der Waals surface area (Å²) >= 11 is 0. The maximum absolute atomic E-state index is 9.75. The fourth-order valence-corrected chi connectivity index (χ4v) is 1.64. The normalized spacial score (nSPS) is 12.8. The Balaban J connectivity index is 2.00. The molecule has 0 saturated heterocycles. The van der Waals surface area contributed by atoms with Crippen LogP contribution in [0.5, 0.6) is 0 Å². The van der Waals surface area contributed by atoms with Crippen LogP contribution in [0, 0.1) is 0 Å². The zero-order valence-electron chi connectivity index (χ0n) is 12.0. The lowest BCUT2D eigenvalue weighted by Gasteiger charge is -2.16. The highest BCUT2D eigenvalue weighted by Gasteiger charge is 2.04. The molecule has 0 aliphatic carbocycles. The van der Waals surface area contributed by atoms with E-state index in [4.69, 9.17) is 4.74 Å². The van der Waals surface area contributed by atoms with Crippen LogP contribution in [-0.2, 0) is 11.3 Å². The molecule has 0 amide bonds. The van der Waals surface area contributed by atoms with Gasteiger partial charge in [-0.15, -0.1) is 0 Å². The van der Waals surface area contributed by atoms with E-state index in [0.717, 1.165) is 25.2 Å². The van der Waals surface area contributed by atoms with E-state index in [2.05, 4.69) is 24.2 Å². The van der Waals surface area contributed by atoms with Gasteiger partial charge in [0.1, 0.15) is 0 Å². The lowest BCUT2D eigenvalue weighted by atomic mass is 10.2. The van der Waals surface area contributed by atoms with Crippen molar-refractivity contribution in [3.63, 3.8) is 0 Å². The van der Waals surface area contributed by atoms with E-state index in [1.165, 1.54) is 0 Å². The summed E-state index contributed by atoms with van der Waals surface area (Å²) < 4.78 is 5.48. The van der Waals surface area contributed by atoms with Crippen molar-refractivity contribution in [3.8, 4) is 0 Å². The van der Waals surface area contributed by atoms with Crippen LogP contribution in [0.25, 0.3) is 0 Å². The molecule has 0 aliphatic heterocycles. The first-order valence-electron chi connectivity index (χ1n) is 6.91. The van der Waals surface area contributed by atoms with Gasteiger partial charge in [-0.2, -0.15) is 0 Å². The zero-order valence-corrected chi connectivity index (χ0v) is 12.0. The van der Waals surface area contributed by atoms with Gasteiger partial charge in [0, 0.05) is 19.6 Å². The number of ether oxygens (including phenoxy) is 1. The van der Waals surface area contributed by atoms with Gasteiger partial charge in [-0.3, -0.25) is 0 Å². The molecule has 0 spiro atoms. The molecule has 2 N–H and O–H groups in total. The Hall–Kier alpha value is -0.940. The Morgan fingerprint density at radius 2 is 2.05 bits per heavy atom. The van der Waals surface area contributed by atoms with Crippen molar-refractivity contribution in [2.24, 2.45) is 0 Å². The van der Waals surface area contributed by atoms with Crippen LogP contribution in [0.4, 0.5) is 0 Å². The number of aliphatic hydroxyl groups is 1. The van der Waals surface area contributed by atoms with Crippen LogP contribution >= 0.6 is 0 Å². The van der Waals surface area contributed by atoms with Crippen LogP contribution in [0.15, 0.2) is 30.3 Å². The van der Waals surface area contributed by atoms with E-state index in [9.17, 15) is 5.11 Å². The monoisotopic (exact) mass is 266 g/mol. The number of hydrogen-bond acceptors (Lipinski definition) is 4. The maximum atomic E-state index is 9.75. The minimum Gasteiger partial charge on any atom is -0.389 e. The Kier molecular flexibility index (Phi) is 8.41. The fraction of sp³-hybridized carbons (Fsp3) is 0.600. The number of aliphatic hydroxyl groups excluding tert-OH is 1. The molecule has 0 fully saturated rings. The molecule has 1 rings (SSSR count). The summed E-state index contributed by atoms with van der Waals surface area (Å²) in [6, 6.07) is 9.99. The third-order valence-electron chi connectivity index (χ3n) is 3.01. The van der Waals surface area contributed by atoms with Crippen molar-refractivity contribution >= 4 is 0 Å². The molecule has 1 aromatic rings. The van der Waals surface area contributed by atoms with E-state index < -0.39 is 6.10 Å². The average molecular weight is 266 g/mol. The predicted molar refractivity (Wildman–Crippen MR) is 78.1 cm³/mol. The molecule has 108 valence electrons. The smallest absolute Gasteiger partial charge is 0.0897 e. The third-order valence-corrected chi connectivity index (χ3v) is 3.01. The second kappa shape index (κ2) is 9.92. The van der Waals surface area contributed by atoms with Gasteiger partial charge in [-0.05, 0) is 19.2 Å². The van der Waals surface area contributed by atoms with Crippen molar-refractivity contribution in [3.05, 3.63) is 35.9 Å². The summed E-state index contributed by atoms with van der Waals surface area (Å²) in [5.74, 6) is 0.